The fraction of sp³-hybridized carbons (Fsp3) is 0.241. The Morgan fingerprint density at radius 1 is 1.23 bits per heavy atom. The van der Waals surface area contributed by atoms with E-state index in [2.05, 4.69) is 22.2 Å². The molecule has 3 atom stereocenters. The number of benzene rings is 2. The van der Waals surface area contributed by atoms with Crippen molar-refractivity contribution in [3.8, 4) is 11.5 Å². The predicted molar refractivity (Wildman–Crippen MR) is 148 cm³/mol. The van der Waals surface area contributed by atoms with Gasteiger partial charge in [-0.3, -0.25) is 14.5 Å². The molecule has 9 nitrogen and oxygen atoms in total. The summed E-state index contributed by atoms with van der Waals surface area (Å²) in [7, 11) is 0. The summed E-state index contributed by atoms with van der Waals surface area (Å²) < 4.78 is 21.4. The first-order valence-corrected chi connectivity index (χ1v) is 13.7. The average Bonchev–Trinajstić information content (AvgIpc) is 3.55. The van der Waals surface area contributed by atoms with Crippen molar-refractivity contribution < 1.29 is 23.5 Å². The molecule has 0 aliphatic carbocycles. The van der Waals surface area contributed by atoms with E-state index in [1.807, 2.05) is 18.2 Å². The molecule has 6 rings (SSSR count). The van der Waals surface area contributed by atoms with Gasteiger partial charge in [-0.05, 0) is 49.2 Å². The fourth-order valence-electron chi connectivity index (χ4n) is 5.41. The number of rotatable bonds is 6. The van der Waals surface area contributed by atoms with Gasteiger partial charge >= 0.3 is 6.03 Å². The lowest BCUT2D eigenvalue weighted by molar-refractivity contribution is -0.126. The first-order chi connectivity index (χ1) is 19.3. The number of anilines is 2. The maximum absolute atomic E-state index is 15.6. The standard InChI is InChI=1S/C29H26FN5O4S/c1-3-22(36)34-12-10-17(15-34)32-27(37)26-24-23-21(9-11-31-28(23)40-26)35(29(38)33-24)25-16(2)13-19(14-20(25)30)39-18-7-5-4-6-8-18/h3-9,11,13-14,17,24,26H,1,10,12,15H2,2H3,(H,32,37)(H,33,38)/t17?,24?,26-/m1/s1. The van der Waals surface area contributed by atoms with Crippen LogP contribution in [0.4, 0.5) is 20.6 Å². The van der Waals surface area contributed by atoms with Crippen molar-refractivity contribution >= 4 is 41.0 Å². The topological polar surface area (TPSA) is 104 Å². The van der Waals surface area contributed by atoms with Gasteiger partial charge in [0.05, 0.1) is 17.4 Å². The smallest absolute Gasteiger partial charge is 0.327 e. The maximum Gasteiger partial charge on any atom is 0.327 e. The van der Waals surface area contributed by atoms with Crippen LogP contribution in [0, 0.1) is 12.7 Å². The van der Waals surface area contributed by atoms with Crippen molar-refractivity contribution in [1.82, 2.24) is 20.5 Å². The number of pyridine rings is 1. The first-order valence-electron chi connectivity index (χ1n) is 12.8. The molecule has 0 saturated carbocycles. The minimum atomic E-state index is -0.661. The monoisotopic (exact) mass is 559 g/mol. The molecule has 204 valence electrons. The van der Waals surface area contributed by atoms with Gasteiger partial charge in [-0.1, -0.05) is 36.5 Å². The van der Waals surface area contributed by atoms with Gasteiger partial charge in [0, 0.05) is 37.0 Å². The van der Waals surface area contributed by atoms with E-state index >= 15 is 4.39 Å². The first kappa shape index (κ1) is 25.9. The minimum absolute atomic E-state index is 0.0978. The Labute approximate surface area is 234 Å². The highest BCUT2D eigenvalue weighted by Crippen LogP contribution is 2.51. The fourth-order valence-corrected chi connectivity index (χ4v) is 6.65. The van der Waals surface area contributed by atoms with Crippen LogP contribution in [0.3, 0.4) is 0 Å². The summed E-state index contributed by atoms with van der Waals surface area (Å²) in [6, 6.07) is 12.3. The molecular formula is C29H26FN5O4S. The van der Waals surface area contributed by atoms with Gasteiger partial charge in [-0.15, -0.1) is 0 Å². The average molecular weight is 560 g/mol. The normalized spacial score (nSPS) is 21.1. The summed E-state index contributed by atoms with van der Waals surface area (Å²) in [5.41, 5.74) is 1.75. The Bertz CT molecular complexity index is 1510. The van der Waals surface area contributed by atoms with Crippen molar-refractivity contribution in [3.63, 3.8) is 0 Å². The van der Waals surface area contributed by atoms with Crippen LogP contribution in [0.15, 0.2) is 72.4 Å². The molecule has 2 aromatic carbocycles. The zero-order valence-corrected chi connectivity index (χ0v) is 22.4. The zero-order valence-electron chi connectivity index (χ0n) is 21.6. The Morgan fingerprint density at radius 3 is 2.77 bits per heavy atom. The summed E-state index contributed by atoms with van der Waals surface area (Å²) in [5, 5.41) is 5.87. The number of ether oxygens (including phenoxy) is 1. The van der Waals surface area contributed by atoms with E-state index < -0.39 is 23.1 Å². The second-order valence-corrected chi connectivity index (χ2v) is 10.9. The molecule has 1 aromatic heterocycles. The van der Waals surface area contributed by atoms with Gasteiger partial charge in [0.2, 0.25) is 11.8 Å². The number of likely N-dealkylation sites (tertiary alicyclic amines) is 1. The summed E-state index contributed by atoms with van der Waals surface area (Å²) in [4.78, 5) is 46.2. The number of hydrogen-bond donors (Lipinski definition) is 2. The third-order valence-corrected chi connectivity index (χ3v) is 8.50. The van der Waals surface area contributed by atoms with Gasteiger partial charge in [0.15, 0.2) is 5.82 Å². The number of thioether (sulfide) groups is 1. The molecule has 2 N–H and O–H groups in total. The third kappa shape index (κ3) is 4.56. The van der Waals surface area contributed by atoms with E-state index in [0.29, 0.717) is 52.8 Å². The summed E-state index contributed by atoms with van der Waals surface area (Å²) in [6.45, 7) is 6.17. The largest absolute Gasteiger partial charge is 0.457 e. The van der Waals surface area contributed by atoms with Crippen LogP contribution in [0.2, 0.25) is 0 Å². The lowest BCUT2D eigenvalue weighted by Crippen LogP contribution is -2.50. The molecule has 1 fully saturated rings. The predicted octanol–water partition coefficient (Wildman–Crippen LogP) is 4.60. The van der Waals surface area contributed by atoms with Gasteiger partial charge in [-0.2, -0.15) is 0 Å². The molecule has 0 bridgehead atoms. The van der Waals surface area contributed by atoms with E-state index in [1.165, 1.54) is 28.8 Å². The Balaban J connectivity index is 1.26. The summed E-state index contributed by atoms with van der Waals surface area (Å²) in [6.07, 6.45) is 3.45. The van der Waals surface area contributed by atoms with E-state index in [1.54, 1.807) is 42.3 Å². The zero-order chi connectivity index (χ0) is 28.0. The van der Waals surface area contributed by atoms with Crippen LogP contribution in [-0.2, 0) is 9.59 Å². The number of carbonyl (C=O) groups excluding carboxylic acids is 3. The molecule has 0 radical (unpaired) electrons. The van der Waals surface area contributed by atoms with Crippen LogP contribution in [0.5, 0.6) is 11.5 Å². The SMILES string of the molecule is C=CC(=O)N1CCC(NC(=O)[C@@H]2Sc3nccc4c3C2NC(=O)N4c2c(C)cc(Oc3ccccc3)cc2F)C1. The summed E-state index contributed by atoms with van der Waals surface area (Å²) in [5.74, 6) is -0.165. The number of aryl methyl sites for hydroxylation is 1. The van der Waals surface area contributed by atoms with E-state index in [4.69, 9.17) is 4.74 Å². The Kier molecular flexibility index (Phi) is 6.67. The number of hydrogen-bond acceptors (Lipinski definition) is 6. The van der Waals surface area contributed by atoms with Crippen LogP contribution in [-0.4, -0.2) is 52.1 Å². The molecule has 4 heterocycles. The van der Waals surface area contributed by atoms with Gasteiger partial charge in [-0.25, -0.2) is 14.2 Å². The van der Waals surface area contributed by atoms with Crippen LogP contribution in [0.1, 0.15) is 23.6 Å². The number of aromatic nitrogens is 1. The van der Waals surface area contributed by atoms with Crippen LogP contribution >= 0.6 is 11.8 Å². The van der Waals surface area contributed by atoms with Crippen molar-refractivity contribution in [2.45, 2.75) is 35.7 Å². The Hall–Kier alpha value is -4.38. The van der Waals surface area contributed by atoms with Gasteiger partial charge in [0.1, 0.15) is 21.8 Å². The Morgan fingerprint density at radius 2 is 2.02 bits per heavy atom. The van der Waals surface area contributed by atoms with Crippen molar-refractivity contribution in [2.75, 3.05) is 18.0 Å². The second kappa shape index (κ2) is 10.3. The molecule has 3 aliphatic heterocycles. The number of halogens is 1. The highest BCUT2D eigenvalue weighted by Gasteiger charge is 2.47. The highest BCUT2D eigenvalue weighted by atomic mass is 32.2. The highest BCUT2D eigenvalue weighted by molar-refractivity contribution is 8.01. The van der Waals surface area contributed by atoms with E-state index in [0.717, 1.165) is 0 Å². The van der Waals surface area contributed by atoms with Crippen LogP contribution < -0.4 is 20.3 Å². The lowest BCUT2D eigenvalue weighted by Gasteiger charge is -2.35. The molecule has 0 spiro atoms. The van der Waals surface area contributed by atoms with E-state index in [-0.39, 0.29) is 23.5 Å². The molecule has 11 heteroatoms. The lowest BCUT2D eigenvalue weighted by atomic mass is 9.99. The number of amides is 4. The third-order valence-electron chi connectivity index (χ3n) is 7.22. The molecular weight excluding hydrogens is 533 g/mol. The second-order valence-electron chi connectivity index (χ2n) is 9.82. The van der Waals surface area contributed by atoms with Gasteiger partial charge in [0.25, 0.3) is 0 Å². The number of para-hydroxylation sites is 1. The molecule has 2 unspecified atom stereocenters. The number of urea groups is 1. The molecule has 40 heavy (non-hydrogen) atoms. The quantitative estimate of drug-likeness (QED) is 0.428. The number of nitrogens with one attached hydrogen (secondary N) is 2. The van der Waals surface area contributed by atoms with Crippen molar-refractivity contribution in [3.05, 3.63) is 84.3 Å². The molecule has 1 saturated heterocycles. The molecule has 3 aliphatic rings. The van der Waals surface area contributed by atoms with Crippen molar-refractivity contribution in [2.24, 2.45) is 0 Å². The van der Waals surface area contributed by atoms with Crippen molar-refractivity contribution in [1.29, 1.82) is 0 Å². The minimum Gasteiger partial charge on any atom is -0.457 e. The molecule has 4 amide bonds. The van der Waals surface area contributed by atoms with Gasteiger partial charge < -0.3 is 20.3 Å². The maximum atomic E-state index is 15.6. The summed E-state index contributed by atoms with van der Waals surface area (Å²) >= 11 is 1.26. The van der Waals surface area contributed by atoms with Crippen LogP contribution in [0.25, 0.3) is 0 Å². The number of nitrogens with zero attached hydrogens (tertiary/aromatic N) is 3. The molecule has 3 aromatic rings. The van der Waals surface area contributed by atoms with E-state index in [9.17, 15) is 14.4 Å². The number of carbonyl (C=O) groups is 3.